The van der Waals surface area contributed by atoms with Crippen LogP contribution in [0.15, 0.2) is 4.99 Å². The molecule has 0 bridgehead atoms. The van der Waals surface area contributed by atoms with Crippen LogP contribution in [0, 0.1) is 5.41 Å². The number of guanidine groups is 2. The highest BCUT2D eigenvalue weighted by Crippen LogP contribution is 2.10. The van der Waals surface area contributed by atoms with Gasteiger partial charge in [0.1, 0.15) is 0 Å². The van der Waals surface area contributed by atoms with Gasteiger partial charge >= 0.3 is 0 Å². The fourth-order valence-corrected chi connectivity index (χ4v) is 2.94. The van der Waals surface area contributed by atoms with Gasteiger partial charge in [0.15, 0.2) is 11.9 Å². The highest BCUT2D eigenvalue weighted by atomic mass is 15.1. The van der Waals surface area contributed by atoms with E-state index >= 15 is 0 Å². The Labute approximate surface area is 154 Å². The second-order valence-corrected chi connectivity index (χ2v) is 6.78. The van der Waals surface area contributed by atoms with Crippen LogP contribution in [0.25, 0.3) is 0 Å². The zero-order valence-electron chi connectivity index (χ0n) is 16.3. The summed E-state index contributed by atoms with van der Waals surface area (Å²) < 4.78 is 0. The minimum absolute atomic E-state index is 0.0758. The number of unbranched alkanes of at least 4 members (excludes halogenated alkanes) is 2. The normalized spacial score (nSPS) is 13.2. The molecule has 0 aromatic rings. The van der Waals surface area contributed by atoms with Crippen LogP contribution in [0.3, 0.4) is 0 Å². The van der Waals surface area contributed by atoms with Gasteiger partial charge in [-0.1, -0.05) is 39.5 Å². The summed E-state index contributed by atoms with van der Waals surface area (Å²) in [7, 11) is 0. The summed E-state index contributed by atoms with van der Waals surface area (Å²) >= 11 is 0. The predicted molar refractivity (Wildman–Crippen MR) is 109 cm³/mol. The Kier molecular flexibility index (Phi) is 15.0. The van der Waals surface area contributed by atoms with E-state index in [9.17, 15) is 0 Å². The highest BCUT2D eigenvalue weighted by Gasteiger charge is 2.09. The number of hydrogen-bond acceptors (Lipinski definition) is 3. The molecule has 0 saturated carbocycles. The molecule has 0 fully saturated rings. The molecule has 0 heterocycles. The minimum Gasteiger partial charge on any atom is -0.370 e. The molecule has 0 aromatic heterocycles. The zero-order valence-corrected chi connectivity index (χ0v) is 16.3. The lowest BCUT2D eigenvalue weighted by Gasteiger charge is -2.18. The summed E-state index contributed by atoms with van der Waals surface area (Å²) in [5.74, 6) is 0.275. The summed E-state index contributed by atoms with van der Waals surface area (Å²) in [6, 6.07) is 0.574. The Morgan fingerprint density at radius 2 is 1.40 bits per heavy atom. The molecule has 9 N–H and O–H groups in total. The van der Waals surface area contributed by atoms with E-state index in [1.54, 1.807) is 0 Å². The molecule has 0 amide bonds. The molecule has 2 unspecified atom stereocenters. The summed E-state index contributed by atoms with van der Waals surface area (Å²) in [6.45, 7) is 6.35. The van der Waals surface area contributed by atoms with Crippen LogP contribution in [0.4, 0.5) is 0 Å². The molecular formula is C18H41N7. The quantitative estimate of drug-likeness (QED) is 0.143. The Morgan fingerprint density at radius 1 is 0.880 bits per heavy atom. The molecule has 0 spiro atoms. The van der Waals surface area contributed by atoms with Crippen LogP contribution < -0.4 is 27.8 Å². The van der Waals surface area contributed by atoms with Gasteiger partial charge in [-0.15, -0.1) is 0 Å². The van der Waals surface area contributed by atoms with Gasteiger partial charge in [-0.2, -0.15) is 0 Å². The van der Waals surface area contributed by atoms with Gasteiger partial charge in [-0.3, -0.25) is 10.4 Å². The van der Waals surface area contributed by atoms with Crippen molar-refractivity contribution in [3.05, 3.63) is 0 Å². The van der Waals surface area contributed by atoms with Gasteiger partial charge in [0, 0.05) is 6.04 Å². The first-order chi connectivity index (χ1) is 12.0. The van der Waals surface area contributed by atoms with E-state index in [4.69, 9.17) is 22.6 Å². The van der Waals surface area contributed by atoms with Crippen molar-refractivity contribution in [2.45, 2.75) is 90.1 Å². The highest BCUT2D eigenvalue weighted by molar-refractivity contribution is 5.75. The molecule has 2 atom stereocenters. The predicted octanol–water partition coefficient (Wildman–Crippen LogP) is 2.01. The largest absolute Gasteiger partial charge is 0.370 e. The van der Waals surface area contributed by atoms with E-state index in [0.717, 1.165) is 58.0 Å². The first kappa shape index (κ1) is 23.5. The van der Waals surface area contributed by atoms with Gasteiger partial charge in [0.25, 0.3) is 0 Å². The molecule has 25 heavy (non-hydrogen) atoms. The van der Waals surface area contributed by atoms with Crippen molar-refractivity contribution in [1.29, 1.82) is 5.41 Å². The van der Waals surface area contributed by atoms with Crippen molar-refractivity contribution in [3.63, 3.8) is 0 Å². The summed E-state index contributed by atoms with van der Waals surface area (Å²) in [6.07, 6.45) is 11.0. The van der Waals surface area contributed by atoms with E-state index < -0.39 is 0 Å². The maximum absolute atomic E-state index is 7.39. The van der Waals surface area contributed by atoms with Crippen LogP contribution in [-0.4, -0.2) is 37.1 Å². The summed E-state index contributed by atoms with van der Waals surface area (Å²) in [5.41, 5.74) is 16.5. The lowest BCUT2D eigenvalue weighted by Crippen LogP contribution is -2.39. The molecule has 0 saturated heterocycles. The minimum atomic E-state index is 0.0758. The Morgan fingerprint density at radius 3 is 1.96 bits per heavy atom. The van der Waals surface area contributed by atoms with Gasteiger partial charge in [-0.05, 0) is 51.6 Å². The lowest BCUT2D eigenvalue weighted by atomic mass is 10.0. The average molecular weight is 356 g/mol. The van der Waals surface area contributed by atoms with Crippen molar-refractivity contribution < 1.29 is 0 Å². The van der Waals surface area contributed by atoms with E-state index in [1.165, 1.54) is 19.3 Å². The molecule has 0 aliphatic rings. The SMILES string of the molecule is CCCCC(CCCNCCCC(CCCC)NC(=N)N)N=C(N)N. The number of aliphatic imine (C=N–C) groups is 1. The van der Waals surface area contributed by atoms with E-state index in [2.05, 4.69) is 29.5 Å². The number of nitrogens with two attached hydrogens (primary N) is 3. The maximum Gasteiger partial charge on any atom is 0.186 e. The second-order valence-electron chi connectivity index (χ2n) is 6.78. The monoisotopic (exact) mass is 355 g/mol. The molecule has 0 aliphatic carbocycles. The second kappa shape index (κ2) is 16.0. The topological polar surface area (TPSA) is 138 Å². The smallest absolute Gasteiger partial charge is 0.186 e. The number of nitrogens with one attached hydrogen (secondary N) is 3. The fraction of sp³-hybridized carbons (Fsp3) is 0.889. The van der Waals surface area contributed by atoms with Crippen molar-refractivity contribution in [1.82, 2.24) is 10.6 Å². The lowest BCUT2D eigenvalue weighted by molar-refractivity contribution is 0.465. The Hall–Kier alpha value is -1.50. The third kappa shape index (κ3) is 15.8. The molecule has 0 rings (SSSR count). The van der Waals surface area contributed by atoms with Crippen molar-refractivity contribution in [3.8, 4) is 0 Å². The molecule has 0 aromatic carbocycles. The van der Waals surface area contributed by atoms with Crippen molar-refractivity contribution in [2.24, 2.45) is 22.2 Å². The van der Waals surface area contributed by atoms with Crippen LogP contribution >= 0.6 is 0 Å². The Bertz CT molecular complexity index is 353. The van der Waals surface area contributed by atoms with Crippen molar-refractivity contribution >= 4 is 11.9 Å². The van der Waals surface area contributed by atoms with Crippen molar-refractivity contribution in [2.75, 3.05) is 13.1 Å². The molecule has 7 nitrogen and oxygen atoms in total. The number of nitrogens with zero attached hydrogens (tertiary/aromatic N) is 1. The first-order valence-corrected chi connectivity index (χ1v) is 9.89. The van der Waals surface area contributed by atoms with Gasteiger partial charge in [-0.25, -0.2) is 0 Å². The third-order valence-electron chi connectivity index (χ3n) is 4.29. The molecule has 7 heteroatoms. The standard InChI is InChI=1S/C18H41N7/c1-3-5-9-15(24-17(19)20)11-7-13-23-14-8-12-16(10-6-4-2)25-18(21)22/h15-16,23H,3-14H2,1-2H3,(H4,19,20,24)(H4,21,22,25). The molecule has 148 valence electrons. The van der Waals surface area contributed by atoms with Crippen LogP contribution in [0.1, 0.15) is 78.1 Å². The number of hydrogen-bond donors (Lipinski definition) is 6. The maximum atomic E-state index is 7.39. The zero-order chi connectivity index (χ0) is 18.9. The van der Waals surface area contributed by atoms with E-state index in [-0.39, 0.29) is 18.0 Å². The summed E-state index contributed by atoms with van der Waals surface area (Å²) in [4.78, 5) is 4.33. The van der Waals surface area contributed by atoms with Crippen LogP contribution in [-0.2, 0) is 0 Å². The average Bonchev–Trinajstić information content (AvgIpc) is 2.55. The van der Waals surface area contributed by atoms with E-state index in [0.29, 0.717) is 6.04 Å². The van der Waals surface area contributed by atoms with Gasteiger partial charge in [0.2, 0.25) is 0 Å². The first-order valence-electron chi connectivity index (χ1n) is 9.89. The molecule has 0 aliphatic heterocycles. The third-order valence-corrected chi connectivity index (χ3v) is 4.29. The molecular weight excluding hydrogens is 314 g/mol. The van der Waals surface area contributed by atoms with E-state index in [1.807, 2.05) is 0 Å². The van der Waals surface area contributed by atoms with Crippen LogP contribution in [0.2, 0.25) is 0 Å². The number of rotatable bonds is 16. The van der Waals surface area contributed by atoms with Gasteiger partial charge in [0.05, 0.1) is 6.04 Å². The fourth-order valence-electron chi connectivity index (χ4n) is 2.94. The molecule has 0 radical (unpaired) electrons. The summed E-state index contributed by atoms with van der Waals surface area (Å²) in [5, 5.41) is 13.9. The van der Waals surface area contributed by atoms with Gasteiger partial charge < -0.3 is 27.8 Å². The van der Waals surface area contributed by atoms with Crippen LogP contribution in [0.5, 0.6) is 0 Å². The Balaban J connectivity index is 3.83.